The standard InChI is InChI=1S/C24H23FN6O2/c1-13-8-20-14(10-19(13)25)9-15(11-27-20)18-12-28-31-22(26)17-2-3-21(32)30(23(17)29-24(18)31)16-4-6-33-7-5-16/h2-3,9-13,16H,4-8,26H2,1H3. The third-order valence-electron chi connectivity index (χ3n) is 6.69. The number of nitrogen functional groups attached to an aromatic ring is 1. The maximum absolute atomic E-state index is 14.2. The highest BCUT2D eigenvalue weighted by Gasteiger charge is 2.23. The quantitative estimate of drug-likeness (QED) is 0.506. The van der Waals surface area contributed by atoms with Gasteiger partial charge in [-0.05, 0) is 43.0 Å². The minimum absolute atomic E-state index is 0.00353. The van der Waals surface area contributed by atoms with E-state index in [9.17, 15) is 9.18 Å². The number of rotatable bonds is 2. The van der Waals surface area contributed by atoms with Gasteiger partial charge in [0.05, 0.1) is 11.6 Å². The zero-order chi connectivity index (χ0) is 22.7. The Morgan fingerprint density at radius 3 is 2.82 bits per heavy atom. The molecule has 1 atom stereocenters. The van der Waals surface area contributed by atoms with Crippen molar-refractivity contribution in [3.63, 3.8) is 0 Å². The molecule has 1 aliphatic heterocycles. The van der Waals surface area contributed by atoms with Gasteiger partial charge in [-0.25, -0.2) is 9.37 Å². The van der Waals surface area contributed by atoms with Crippen LogP contribution in [-0.2, 0) is 11.2 Å². The van der Waals surface area contributed by atoms with Crippen LogP contribution in [0.4, 0.5) is 10.2 Å². The summed E-state index contributed by atoms with van der Waals surface area (Å²) in [5.74, 6) is 0.102. The van der Waals surface area contributed by atoms with Crippen LogP contribution in [0.5, 0.6) is 0 Å². The second-order valence-corrected chi connectivity index (χ2v) is 8.81. The van der Waals surface area contributed by atoms with Crippen molar-refractivity contribution in [2.24, 2.45) is 5.92 Å². The summed E-state index contributed by atoms with van der Waals surface area (Å²) < 4.78 is 23.0. The van der Waals surface area contributed by atoms with E-state index in [0.29, 0.717) is 42.1 Å². The Morgan fingerprint density at radius 1 is 1.18 bits per heavy atom. The summed E-state index contributed by atoms with van der Waals surface area (Å²) in [6.45, 7) is 3.06. The molecule has 0 spiro atoms. The molecule has 33 heavy (non-hydrogen) atoms. The van der Waals surface area contributed by atoms with Crippen LogP contribution < -0.4 is 11.3 Å². The molecule has 0 bridgehead atoms. The molecule has 2 aliphatic rings. The molecule has 8 nitrogen and oxygen atoms in total. The first-order valence-corrected chi connectivity index (χ1v) is 11.1. The Labute approximate surface area is 188 Å². The average Bonchev–Trinajstić information content (AvgIpc) is 3.24. The first-order chi connectivity index (χ1) is 16.0. The van der Waals surface area contributed by atoms with E-state index in [1.165, 1.54) is 6.07 Å². The molecule has 168 valence electrons. The fraction of sp³-hybridized carbons (Fsp3) is 0.333. The largest absolute Gasteiger partial charge is 0.383 e. The van der Waals surface area contributed by atoms with Crippen LogP contribution in [0.2, 0.25) is 0 Å². The molecule has 0 radical (unpaired) electrons. The first-order valence-electron chi connectivity index (χ1n) is 11.1. The second-order valence-electron chi connectivity index (χ2n) is 8.81. The SMILES string of the molecule is CC1Cc2ncc(-c3cnn4c(N)c5ccc(=O)n(C6CCOCC6)c5nc34)cc2C=C1F. The van der Waals surface area contributed by atoms with E-state index in [1.807, 2.05) is 13.0 Å². The smallest absolute Gasteiger partial charge is 0.252 e. The molecule has 0 aromatic carbocycles. The maximum atomic E-state index is 14.2. The number of hydrogen-bond donors (Lipinski definition) is 1. The Balaban J connectivity index is 1.56. The Bertz CT molecular complexity index is 1500. The van der Waals surface area contributed by atoms with E-state index in [-0.39, 0.29) is 23.3 Å². The summed E-state index contributed by atoms with van der Waals surface area (Å²) >= 11 is 0. The molecular formula is C24H23FN6O2. The van der Waals surface area contributed by atoms with Gasteiger partial charge in [0.2, 0.25) is 0 Å². The maximum Gasteiger partial charge on any atom is 0.252 e. The molecule has 4 aromatic heterocycles. The molecule has 1 aliphatic carbocycles. The molecule has 1 unspecified atom stereocenters. The fourth-order valence-corrected chi connectivity index (χ4v) is 4.83. The van der Waals surface area contributed by atoms with E-state index in [1.54, 1.807) is 33.6 Å². The highest BCUT2D eigenvalue weighted by molar-refractivity contribution is 5.91. The molecule has 0 amide bonds. The number of pyridine rings is 2. The van der Waals surface area contributed by atoms with Gasteiger partial charge in [-0.3, -0.25) is 14.3 Å². The van der Waals surface area contributed by atoms with Gasteiger partial charge in [-0.1, -0.05) is 6.92 Å². The van der Waals surface area contributed by atoms with Crippen molar-refractivity contribution in [3.05, 3.63) is 58.0 Å². The number of anilines is 1. The molecule has 4 aromatic rings. The second kappa shape index (κ2) is 7.48. The number of halogens is 1. The van der Waals surface area contributed by atoms with Crippen LogP contribution in [0.1, 0.15) is 37.1 Å². The Morgan fingerprint density at radius 2 is 2.00 bits per heavy atom. The minimum Gasteiger partial charge on any atom is -0.383 e. The molecule has 6 rings (SSSR count). The van der Waals surface area contributed by atoms with Gasteiger partial charge in [0, 0.05) is 54.3 Å². The number of nitrogens with zero attached hydrogens (tertiary/aromatic N) is 5. The molecule has 5 heterocycles. The van der Waals surface area contributed by atoms with Gasteiger partial charge in [0.25, 0.3) is 5.56 Å². The number of aromatic nitrogens is 5. The number of ether oxygens (including phenoxy) is 1. The normalized spacial score (nSPS) is 19.1. The van der Waals surface area contributed by atoms with Crippen molar-refractivity contribution in [2.75, 3.05) is 18.9 Å². The fourth-order valence-electron chi connectivity index (χ4n) is 4.83. The molecule has 1 fully saturated rings. The van der Waals surface area contributed by atoms with Crippen LogP contribution in [-0.4, -0.2) is 37.4 Å². The lowest BCUT2D eigenvalue weighted by atomic mass is 9.92. The third-order valence-corrected chi connectivity index (χ3v) is 6.69. The lowest BCUT2D eigenvalue weighted by Crippen LogP contribution is -2.29. The summed E-state index contributed by atoms with van der Waals surface area (Å²) in [4.78, 5) is 22.3. The average molecular weight is 446 g/mol. The van der Waals surface area contributed by atoms with E-state index in [0.717, 1.165) is 35.2 Å². The first kappa shape index (κ1) is 20.0. The molecular weight excluding hydrogens is 423 g/mol. The van der Waals surface area contributed by atoms with E-state index in [2.05, 4.69) is 10.1 Å². The third kappa shape index (κ3) is 3.14. The highest BCUT2D eigenvalue weighted by Crippen LogP contribution is 2.33. The zero-order valence-corrected chi connectivity index (χ0v) is 18.2. The summed E-state index contributed by atoms with van der Waals surface area (Å²) in [6.07, 6.45) is 7.04. The minimum atomic E-state index is -0.164. The van der Waals surface area contributed by atoms with Crippen molar-refractivity contribution < 1.29 is 9.13 Å². The van der Waals surface area contributed by atoms with Gasteiger partial charge in [0.15, 0.2) is 5.65 Å². The van der Waals surface area contributed by atoms with Gasteiger partial charge in [-0.15, -0.1) is 0 Å². The van der Waals surface area contributed by atoms with Gasteiger partial charge in [-0.2, -0.15) is 9.61 Å². The van der Waals surface area contributed by atoms with Gasteiger partial charge < -0.3 is 10.5 Å². The van der Waals surface area contributed by atoms with E-state index in [4.69, 9.17) is 15.5 Å². The summed E-state index contributed by atoms with van der Waals surface area (Å²) in [5.41, 5.74) is 10.6. The van der Waals surface area contributed by atoms with Crippen LogP contribution in [0.25, 0.3) is 33.9 Å². The van der Waals surface area contributed by atoms with Crippen LogP contribution in [0, 0.1) is 5.92 Å². The van der Waals surface area contributed by atoms with Crippen molar-refractivity contribution in [1.82, 2.24) is 24.1 Å². The Hall–Kier alpha value is -3.59. The van der Waals surface area contributed by atoms with Crippen molar-refractivity contribution in [2.45, 2.75) is 32.2 Å². The topological polar surface area (TPSA) is 100 Å². The summed E-state index contributed by atoms with van der Waals surface area (Å²) in [5, 5.41) is 5.12. The number of fused-ring (bicyclic) bond motifs is 3. The lowest BCUT2D eigenvalue weighted by molar-refractivity contribution is 0.0697. The van der Waals surface area contributed by atoms with Gasteiger partial charge >= 0.3 is 0 Å². The number of allylic oxidation sites excluding steroid dienone is 1. The lowest BCUT2D eigenvalue weighted by Gasteiger charge is -2.25. The molecule has 9 heteroatoms. The van der Waals surface area contributed by atoms with Crippen molar-refractivity contribution in [3.8, 4) is 11.1 Å². The number of hydrogen-bond acceptors (Lipinski definition) is 6. The molecule has 2 N–H and O–H groups in total. The predicted octanol–water partition coefficient (Wildman–Crippen LogP) is 3.54. The zero-order valence-electron chi connectivity index (χ0n) is 18.2. The highest BCUT2D eigenvalue weighted by atomic mass is 19.1. The van der Waals surface area contributed by atoms with Crippen LogP contribution >= 0.6 is 0 Å². The van der Waals surface area contributed by atoms with E-state index < -0.39 is 0 Å². The summed E-state index contributed by atoms with van der Waals surface area (Å²) in [6, 6.07) is 5.13. The molecule has 0 saturated carbocycles. The monoisotopic (exact) mass is 446 g/mol. The van der Waals surface area contributed by atoms with Crippen molar-refractivity contribution >= 4 is 28.6 Å². The van der Waals surface area contributed by atoms with E-state index >= 15 is 0 Å². The predicted molar refractivity (Wildman–Crippen MR) is 123 cm³/mol. The van der Waals surface area contributed by atoms with Gasteiger partial charge in [0.1, 0.15) is 17.3 Å². The Kier molecular flexibility index (Phi) is 4.55. The summed E-state index contributed by atoms with van der Waals surface area (Å²) in [7, 11) is 0. The van der Waals surface area contributed by atoms with Crippen LogP contribution in [0.15, 0.2) is 41.2 Å². The van der Waals surface area contributed by atoms with Crippen molar-refractivity contribution in [1.29, 1.82) is 0 Å². The number of nitrogens with two attached hydrogens (primary N) is 1. The van der Waals surface area contributed by atoms with Crippen LogP contribution in [0.3, 0.4) is 0 Å². The molecule has 1 saturated heterocycles.